The summed E-state index contributed by atoms with van der Waals surface area (Å²) >= 11 is 0. The van der Waals surface area contributed by atoms with Gasteiger partial charge in [0.05, 0.1) is 0 Å². The van der Waals surface area contributed by atoms with E-state index in [1.54, 1.807) is 6.07 Å². The van der Waals surface area contributed by atoms with Crippen molar-refractivity contribution in [2.45, 2.75) is 0 Å². The normalized spacial score (nSPS) is 4.40. The zero-order valence-corrected chi connectivity index (χ0v) is 2.55. The van der Waals surface area contributed by atoms with E-state index in [4.69, 9.17) is 10.7 Å². The Hall–Kier alpha value is -1.09. The Kier molecular flexibility index (Phi) is 2.28. The zero-order chi connectivity index (χ0) is 4.12. The average molecular weight is 68.1 g/mol. The van der Waals surface area contributed by atoms with Crippen molar-refractivity contribution in [3.05, 3.63) is 4.98 Å². The van der Waals surface area contributed by atoms with E-state index >= 15 is 0 Å². The summed E-state index contributed by atoms with van der Waals surface area (Å²) in [7, 11) is 0. The SMILES string of the molecule is N#CC[N+]#N. The Morgan fingerprint density at radius 1 is 1.80 bits per heavy atom. The third-order valence-corrected chi connectivity index (χ3v) is 0.141. The van der Waals surface area contributed by atoms with E-state index in [2.05, 4.69) is 4.98 Å². The predicted molar refractivity (Wildman–Crippen MR) is 15.6 cm³/mol. The van der Waals surface area contributed by atoms with Gasteiger partial charge in [0, 0.05) is 0 Å². The summed E-state index contributed by atoms with van der Waals surface area (Å²) in [5, 5.41) is 15.0. The topological polar surface area (TPSA) is 51.9 Å². The van der Waals surface area contributed by atoms with Gasteiger partial charge in [0.1, 0.15) is 4.98 Å². The molecule has 0 aliphatic heterocycles. The second-order valence-electron chi connectivity index (χ2n) is 0.458. The van der Waals surface area contributed by atoms with Crippen molar-refractivity contribution < 1.29 is 0 Å². The lowest BCUT2D eigenvalue weighted by Crippen LogP contribution is -1.56. The molecule has 5 heavy (non-hydrogen) atoms. The standard InChI is InChI=1S/C2H2N3/c3-1-2-5-4/h2H2/q+1. The van der Waals surface area contributed by atoms with Gasteiger partial charge in [-0.2, -0.15) is 5.26 Å². The van der Waals surface area contributed by atoms with Crippen molar-refractivity contribution >= 4 is 0 Å². The van der Waals surface area contributed by atoms with Crippen LogP contribution in [0.15, 0.2) is 0 Å². The quantitative estimate of drug-likeness (QED) is 0.304. The van der Waals surface area contributed by atoms with Gasteiger partial charge in [-0.1, -0.05) is 0 Å². The Bertz CT molecular complexity index is 70.0. The van der Waals surface area contributed by atoms with Crippen LogP contribution in [-0.2, 0) is 0 Å². The van der Waals surface area contributed by atoms with Crippen molar-refractivity contribution in [1.82, 2.24) is 0 Å². The molecular formula is C2H2N3+. The van der Waals surface area contributed by atoms with Crippen LogP contribution in [0, 0.1) is 16.7 Å². The number of nitrogens with zero attached hydrogens (tertiary/aromatic N) is 3. The van der Waals surface area contributed by atoms with Crippen molar-refractivity contribution in [3.63, 3.8) is 0 Å². The molecule has 0 amide bonds. The number of rotatable bonds is 0. The number of hydrogen-bond acceptors (Lipinski definition) is 2. The minimum Gasteiger partial charge on any atom is -0.190 e. The zero-order valence-electron chi connectivity index (χ0n) is 2.55. The summed E-state index contributed by atoms with van der Waals surface area (Å²) in [6.45, 7) is -0.125. The Labute approximate surface area is 29.5 Å². The molecule has 0 spiro atoms. The first-order chi connectivity index (χ1) is 2.41. The maximum atomic E-state index is 7.56. The van der Waals surface area contributed by atoms with Gasteiger partial charge in [0.2, 0.25) is 5.39 Å². The van der Waals surface area contributed by atoms with Gasteiger partial charge in [-0.05, 0) is 0 Å². The number of nitriles is 1. The molecule has 0 bridgehead atoms. The van der Waals surface area contributed by atoms with E-state index < -0.39 is 0 Å². The van der Waals surface area contributed by atoms with Crippen LogP contribution in [0.25, 0.3) is 4.98 Å². The molecule has 0 N–H and O–H groups in total. The highest BCUT2D eigenvalue weighted by Crippen LogP contribution is 1.54. The molecule has 0 saturated carbocycles. The van der Waals surface area contributed by atoms with Gasteiger partial charge in [-0.15, -0.1) is 0 Å². The van der Waals surface area contributed by atoms with Crippen LogP contribution in [0.2, 0.25) is 0 Å². The monoisotopic (exact) mass is 68.0 g/mol. The first-order valence-corrected chi connectivity index (χ1v) is 1.09. The second-order valence-corrected chi connectivity index (χ2v) is 0.458. The molecule has 0 radical (unpaired) electrons. The molecule has 0 unspecified atom stereocenters. The van der Waals surface area contributed by atoms with Crippen molar-refractivity contribution in [1.29, 1.82) is 10.7 Å². The maximum absolute atomic E-state index is 7.56. The summed E-state index contributed by atoms with van der Waals surface area (Å²) in [5.74, 6) is 0. The first-order valence-electron chi connectivity index (χ1n) is 1.09. The summed E-state index contributed by atoms with van der Waals surface area (Å²) in [5.41, 5.74) is 0. The second kappa shape index (κ2) is 2.91. The Morgan fingerprint density at radius 3 is 2.40 bits per heavy atom. The van der Waals surface area contributed by atoms with Crippen LogP contribution in [0.3, 0.4) is 0 Å². The van der Waals surface area contributed by atoms with Crippen LogP contribution < -0.4 is 0 Å². The fourth-order valence-corrected chi connectivity index (χ4v) is 0.0316. The largest absolute Gasteiger partial charge is 0.388 e. The van der Waals surface area contributed by atoms with Gasteiger partial charge >= 0.3 is 6.54 Å². The fraction of sp³-hybridized carbons (Fsp3) is 0.500. The highest BCUT2D eigenvalue weighted by molar-refractivity contribution is 4.78. The third kappa shape index (κ3) is 2.91. The molecule has 0 aromatic rings. The molecule has 0 rings (SSSR count). The molecule has 0 heterocycles. The van der Waals surface area contributed by atoms with E-state index in [1.807, 2.05) is 0 Å². The van der Waals surface area contributed by atoms with Gasteiger partial charge in [-0.25, -0.2) is 0 Å². The van der Waals surface area contributed by atoms with Crippen LogP contribution in [0.4, 0.5) is 0 Å². The van der Waals surface area contributed by atoms with Gasteiger partial charge < -0.3 is 0 Å². The molecule has 0 aliphatic rings. The molecule has 0 aromatic heterocycles. The maximum Gasteiger partial charge on any atom is 0.388 e. The van der Waals surface area contributed by atoms with Crippen LogP contribution in [0.5, 0.6) is 0 Å². The molecule has 0 saturated heterocycles. The van der Waals surface area contributed by atoms with Crippen molar-refractivity contribution in [2.75, 3.05) is 6.54 Å². The van der Waals surface area contributed by atoms with Gasteiger partial charge in [0.25, 0.3) is 0 Å². The number of hydrogen-bond donors (Lipinski definition) is 0. The summed E-state index contributed by atoms with van der Waals surface area (Å²) < 4.78 is 0. The molecular weight excluding hydrogens is 66.0 g/mol. The molecule has 0 atom stereocenters. The highest BCUT2D eigenvalue weighted by Gasteiger charge is 1.78. The van der Waals surface area contributed by atoms with E-state index in [9.17, 15) is 0 Å². The third-order valence-electron chi connectivity index (χ3n) is 0.141. The molecule has 0 fully saturated rings. The molecule has 0 aliphatic carbocycles. The lowest BCUT2D eigenvalue weighted by Gasteiger charge is -1.30. The highest BCUT2D eigenvalue weighted by atomic mass is 14.8. The summed E-state index contributed by atoms with van der Waals surface area (Å²) in [6.07, 6.45) is 0. The van der Waals surface area contributed by atoms with E-state index in [0.29, 0.717) is 0 Å². The summed E-state index contributed by atoms with van der Waals surface area (Å²) in [4.78, 5) is 2.49. The predicted octanol–water partition coefficient (Wildman–Crippen LogP) is 0.363. The van der Waals surface area contributed by atoms with Crippen LogP contribution >= 0.6 is 0 Å². The first kappa shape index (κ1) is 3.91. The fourth-order valence-electron chi connectivity index (χ4n) is 0.0316. The minimum atomic E-state index is -0.125. The molecule has 24 valence electrons. The minimum absolute atomic E-state index is 0.125. The molecule has 3 heteroatoms. The van der Waals surface area contributed by atoms with E-state index in [0.717, 1.165) is 0 Å². The Balaban J connectivity index is 2.86. The molecule has 3 nitrogen and oxygen atoms in total. The van der Waals surface area contributed by atoms with Gasteiger partial charge in [0.15, 0.2) is 6.07 Å². The van der Waals surface area contributed by atoms with Crippen LogP contribution in [0.1, 0.15) is 0 Å². The van der Waals surface area contributed by atoms with E-state index in [1.165, 1.54) is 0 Å². The van der Waals surface area contributed by atoms with E-state index in [-0.39, 0.29) is 6.54 Å². The van der Waals surface area contributed by atoms with Crippen molar-refractivity contribution in [3.8, 4) is 6.07 Å². The lowest BCUT2D eigenvalue weighted by atomic mass is 10.8. The Morgan fingerprint density at radius 2 is 2.40 bits per heavy atom. The van der Waals surface area contributed by atoms with Gasteiger partial charge in [-0.3, -0.25) is 0 Å². The summed E-state index contributed by atoms with van der Waals surface area (Å²) in [6, 6.07) is 1.60. The lowest BCUT2D eigenvalue weighted by molar-refractivity contribution is 1.33. The average Bonchev–Trinajstić information content (AvgIpc) is 1.41. The number of diazo groups is 1. The van der Waals surface area contributed by atoms with Crippen LogP contribution in [-0.4, -0.2) is 6.54 Å². The van der Waals surface area contributed by atoms with Crippen molar-refractivity contribution in [2.24, 2.45) is 0 Å². The molecule has 0 aromatic carbocycles. The smallest absolute Gasteiger partial charge is 0.190 e.